The van der Waals surface area contributed by atoms with Crippen molar-refractivity contribution in [2.45, 2.75) is 12.8 Å². The molecule has 0 bridgehead atoms. The van der Waals surface area contributed by atoms with Gasteiger partial charge in [-0.25, -0.2) is 4.79 Å². The largest absolute Gasteiger partial charge is 0.490 e. The number of rotatable bonds is 5. The van der Waals surface area contributed by atoms with Crippen LogP contribution in [0.2, 0.25) is 5.02 Å². The summed E-state index contributed by atoms with van der Waals surface area (Å²) in [5, 5.41) is 0.326. The summed E-state index contributed by atoms with van der Waals surface area (Å²) in [4.78, 5) is 14.1. The molecule has 0 atom stereocenters. The third-order valence-electron chi connectivity index (χ3n) is 3.32. The lowest BCUT2D eigenvalue weighted by atomic mass is 10.2. The monoisotopic (exact) mass is 298 g/mol. The Morgan fingerprint density at radius 2 is 2.10 bits per heavy atom. The third kappa shape index (κ3) is 3.55. The first-order valence-corrected chi connectivity index (χ1v) is 7.02. The van der Waals surface area contributed by atoms with Gasteiger partial charge in [0.1, 0.15) is 12.2 Å². The van der Waals surface area contributed by atoms with Gasteiger partial charge in [-0.1, -0.05) is 11.6 Å². The standard InChI is InChI=1S/C14H19ClN2O3/c1-19-14(18)11-8-10(16)9-12(15)13(11)20-7-6-17-4-2-3-5-17/h8-9H,2-7,16H2,1H3. The Balaban J connectivity index is 2.06. The van der Waals surface area contributed by atoms with Crippen molar-refractivity contribution in [1.29, 1.82) is 0 Å². The highest BCUT2D eigenvalue weighted by atomic mass is 35.5. The number of nitrogens with two attached hydrogens (primary N) is 1. The summed E-state index contributed by atoms with van der Waals surface area (Å²) in [6, 6.07) is 3.09. The van der Waals surface area contributed by atoms with Gasteiger partial charge >= 0.3 is 5.97 Å². The lowest BCUT2D eigenvalue weighted by Gasteiger charge is -2.17. The van der Waals surface area contributed by atoms with Gasteiger partial charge in [0, 0.05) is 12.2 Å². The molecule has 6 heteroatoms. The minimum absolute atomic E-state index is 0.263. The Kier molecular flexibility index (Phi) is 5.09. The maximum atomic E-state index is 11.7. The first-order valence-electron chi connectivity index (χ1n) is 6.64. The highest BCUT2D eigenvalue weighted by molar-refractivity contribution is 6.33. The molecule has 20 heavy (non-hydrogen) atoms. The molecule has 0 radical (unpaired) electrons. The minimum Gasteiger partial charge on any atom is -0.490 e. The van der Waals surface area contributed by atoms with Crippen LogP contribution in [0, 0.1) is 0 Å². The molecular weight excluding hydrogens is 280 g/mol. The van der Waals surface area contributed by atoms with Gasteiger partial charge < -0.3 is 15.2 Å². The number of carbonyl (C=O) groups excluding carboxylic acids is 1. The van der Waals surface area contributed by atoms with E-state index < -0.39 is 5.97 Å². The van der Waals surface area contributed by atoms with Gasteiger partial charge in [-0.15, -0.1) is 0 Å². The zero-order valence-electron chi connectivity index (χ0n) is 11.5. The van der Waals surface area contributed by atoms with Crippen LogP contribution in [-0.4, -0.2) is 44.2 Å². The van der Waals surface area contributed by atoms with E-state index in [1.165, 1.54) is 26.0 Å². The summed E-state index contributed by atoms with van der Waals surface area (Å²) >= 11 is 6.10. The number of methoxy groups -OCH3 is 1. The SMILES string of the molecule is COC(=O)c1cc(N)cc(Cl)c1OCCN1CCCC1. The number of carbonyl (C=O) groups is 1. The van der Waals surface area contributed by atoms with Gasteiger partial charge in [0.05, 0.1) is 12.1 Å². The molecule has 1 aliphatic rings. The Hall–Kier alpha value is -1.46. The predicted octanol–water partition coefficient (Wildman–Crippen LogP) is 2.18. The number of ether oxygens (including phenoxy) is 2. The average Bonchev–Trinajstić information content (AvgIpc) is 2.93. The molecule has 1 fully saturated rings. The Morgan fingerprint density at radius 3 is 2.75 bits per heavy atom. The fourth-order valence-corrected chi connectivity index (χ4v) is 2.59. The topological polar surface area (TPSA) is 64.8 Å². The van der Waals surface area contributed by atoms with Gasteiger partial charge in [-0.05, 0) is 38.1 Å². The first-order chi connectivity index (χ1) is 9.61. The Bertz CT molecular complexity index is 488. The highest BCUT2D eigenvalue weighted by Gasteiger charge is 2.18. The molecule has 0 aromatic heterocycles. The van der Waals surface area contributed by atoms with Crippen LogP contribution >= 0.6 is 11.6 Å². The number of likely N-dealkylation sites (tertiary alicyclic amines) is 1. The molecule has 0 aliphatic carbocycles. The number of halogens is 1. The number of nitrogens with zero attached hydrogens (tertiary/aromatic N) is 1. The fraction of sp³-hybridized carbons (Fsp3) is 0.500. The van der Waals surface area contributed by atoms with Crippen molar-refractivity contribution in [3.8, 4) is 5.75 Å². The fourth-order valence-electron chi connectivity index (χ4n) is 2.31. The number of hydrogen-bond acceptors (Lipinski definition) is 5. The summed E-state index contributed by atoms with van der Waals surface area (Å²) in [6.45, 7) is 3.50. The molecule has 2 rings (SSSR count). The molecular formula is C14H19ClN2O3. The van der Waals surface area contributed by atoms with Gasteiger partial charge in [0.25, 0.3) is 0 Å². The first kappa shape index (κ1) is 14.9. The van der Waals surface area contributed by atoms with Crippen molar-refractivity contribution in [3.05, 3.63) is 22.7 Å². The van der Waals surface area contributed by atoms with E-state index in [9.17, 15) is 4.79 Å². The molecule has 1 aliphatic heterocycles. The summed E-state index contributed by atoms with van der Waals surface area (Å²) in [5.41, 5.74) is 6.36. The second-order valence-corrected chi connectivity index (χ2v) is 5.18. The van der Waals surface area contributed by atoms with E-state index in [2.05, 4.69) is 4.90 Å². The highest BCUT2D eigenvalue weighted by Crippen LogP contribution is 2.32. The number of hydrogen-bond donors (Lipinski definition) is 1. The molecule has 5 nitrogen and oxygen atoms in total. The zero-order chi connectivity index (χ0) is 14.5. The van der Waals surface area contributed by atoms with E-state index in [1.807, 2.05) is 0 Å². The Morgan fingerprint density at radius 1 is 1.40 bits per heavy atom. The number of esters is 1. The van der Waals surface area contributed by atoms with Crippen LogP contribution in [0.5, 0.6) is 5.75 Å². The van der Waals surface area contributed by atoms with E-state index in [0.29, 0.717) is 23.1 Å². The summed E-state index contributed by atoms with van der Waals surface area (Å²) in [5.74, 6) is -0.165. The van der Waals surface area contributed by atoms with Crippen LogP contribution in [0.15, 0.2) is 12.1 Å². The van der Waals surface area contributed by atoms with Crippen LogP contribution in [0.4, 0.5) is 5.69 Å². The number of benzene rings is 1. The lowest BCUT2D eigenvalue weighted by molar-refractivity contribution is 0.0595. The van der Waals surface area contributed by atoms with Gasteiger partial charge in [0.2, 0.25) is 0 Å². The molecule has 0 saturated carbocycles. The molecule has 2 N–H and O–H groups in total. The number of nitrogen functional groups attached to an aromatic ring is 1. The molecule has 1 saturated heterocycles. The molecule has 1 heterocycles. The van der Waals surface area contributed by atoms with Crippen LogP contribution in [0.3, 0.4) is 0 Å². The van der Waals surface area contributed by atoms with Crippen molar-refractivity contribution in [2.75, 3.05) is 39.1 Å². The zero-order valence-corrected chi connectivity index (χ0v) is 12.3. The molecule has 110 valence electrons. The molecule has 0 spiro atoms. The van der Waals surface area contributed by atoms with Crippen molar-refractivity contribution in [3.63, 3.8) is 0 Å². The predicted molar refractivity (Wildman–Crippen MR) is 78.4 cm³/mol. The van der Waals surface area contributed by atoms with Crippen LogP contribution in [0.25, 0.3) is 0 Å². The number of anilines is 1. The molecule has 1 aromatic carbocycles. The van der Waals surface area contributed by atoms with Gasteiger partial charge in [0.15, 0.2) is 5.75 Å². The van der Waals surface area contributed by atoms with E-state index in [-0.39, 0.29) is 5.56 Å². The van der Waals surface area contributed by atoms with Crippen LogP contribution < -0.4 is 10.5 Å². The van der Waals surface area contributed by atoms with Gasteiger partial charge in [-0.2, -0.15) is 0 Å². The summed E-state index contributed by atoms with van der Waals surface area (Å²) in [6.07, 6.45) is 2.46. The maximum absolute atomic E-state index is 11.7. The van der Waals surface area contributed by atoms with E-state index in [4.69, 9.17) is 26.8 Å². The second kappa shape index (κ2) is 6.81. The molecule has 0 amide bonds. The van der Waals surface area contributed by atoms with E-state index in [1.54, 1.807) is 6.07 Å². The quantitative estimate of drug-likeness (QED) is 0.667. The third-order valence-corrected chi connectivity index (χ3v) is 3.60. The van der Waals surface area contributed by atoms with Crippen molar-refractivity contribution < 1.29 is 14.3 Å². The maximum Gasteiger partial charge on any atom is 0.341 e. The summed E-state index contributed by atoms with van der Waals surface area (Å²) < 4.78 is 10.4. The van der Waals surface area contributed by atoms with Crippen LogP contribution in [0.1, 0.15) is 23.2 Å². The Labute approximate surface area is 123 Å². The molecule has 0 unspecified atom stereocenters. The minimum atomic E-state index is -0.504. The van der Waals surface area contributed by atoms with E-state index in [0.717, 1.165) is 19.6 Å². The van der Waals surface area contributed by atoms with Crippen molar-refractivity contribution >= 4 is 23.3 Å². The van der Waals surface area contributed by atoms with Crippen molar-refractivity contribution in [2.24, 2.45) is 0 Å². The van der Waals surface area contributed by atoms with E-state index >= 15 is 0 Å². The van der Waals surface area contributed by atoms with Crippen molar-refractivity contribution in [1.82, 2.24) is 4.90 Å². The second-order valence-electron chi connectivity index (χ2n) is 4.77. The normalized spacial score (nSPS) is 15.3. The summed E-state index contributed by atoms with van der Waals surface area (Å²) in [7, 11) is 1.31. The molecule has 1 aromatic rings. The lowest BCUT2D eigenvalue weighted by Crippen LogP contribution is -2.25. The smallest absolute Gasteiger partial charge is 0.341 e. The average molecular weight is 299 g/mol. The van der Waals surface area contributed by atoms with Crippen LogP contribution in [-0.2, 0) is 4.74 Å². The van der Waals surface area contributed by atoms with Gasteiger partial charge in [-0.3, -0.25) is 4.90 Å².